The Labute approximate surface area is 171 Å². The largest absolute Gasteiger partial charge is 0.394 e. The van der Waals surface area contributed by atoms with Gasteiger partial charge in [-0.25, -0.2) is 0 Å². The van der Waals surface area contributed by atoms with Crippen LogP contribution in [0.15, 0.2) is 64.6 Å². The number of allylic oxidation sites excluding steroid dienone is 3. The van der Waals surface area contributed by atoms with Crippen LogP contribution in [0.1, 0.15) is 19.4 Å². The molecule has 2 rings (SSSR count). The second-order valence-corrected chi connectivity index (χ2v) is 8.03. The monoisotopic (exact) mass is 406 g/mol. The van der Waals surface area contributed by atoms with Crippen molar-refractivity contribution >= 4 is 11.8 Å². The average Bonchev–Trinajstić information content (AvgIpc) is 2.70. The Balaban J connectivity index is 2.05. The molecule has 1 aromatic carbocycles. The molecule has 28 heavy (non-hydrogen) atoms. The molecule has 1 saturated heterocycles. The minimum atomic E-state index is -1.40. The Morgan fingerprint density at radius 2 is 1.71 bits per heavy atom. The molecule has 0 aromatic heterocycles. The number of hydrogen-bond acceptors (Lipinski definition) is 6. The van der Waals surface area contributed by atoms with E-state index in [-0.39, 0.29) is 0 Å². The van der Waals surface area contributed by atoms with E-state index >= 15 is 0 Å². The van der Waals surface area contributed by atoms with Gasteiger partial charge in [-0.15, -0.1) is 11.8 Å². The third-order valence-electron chi connectivity index (χ3n) is 5.11. The number of aliphatic hydroxyl groups excluding tert-OH is 4. The van der Waals surface area contributed by atoms with Crippen molar-refractivity contribution in [3.63, 3.8) is 0 Å². The quantitative estimate of drug-likeness (QED) is 0.410. The lowest BCUT2D eigenvalue weighted by molar-refractivity contribution is -0.218. The molecule has 154 valence electrons. The van der Waals surface area contributed by atoms with E-state index in [0.29, 0.717) is 5.57 Å². The van der Waals surface area contributed by atoms with Crippen LogP contribution in [0.4, 0.5) is 0 Å². The molecule has 1 aliphatic heterocycles. The number of ether oxygens (including phenoxy) is 1. The first-order chi connectivity index (χ1) is 13.3. The molecule has 0 bridgehead atoms. The lowest BCUT2D eigenvalue weighted by atomic mass is 9.91. The number of benzene rings is 1. The fourth-order valence-electron chi connectivity index (χ4n) is 3.07. The molecule has 0 unspecified atom stereocenters. The Morgan fingerprint density at radius 3 is 2.29 bits per heavy atom. The van der Waals surface area contributed by atoms with Gasteiger partial charge in [0.2, 0.25) is 0 Å². The fraction of sp³-hybridized carbons (Fsp3) is 0.455. The third-order valence-corrected chi connectivity index (χ3v) is 5.85. The molecule has 0 aliphatic carbocycles. The highest BCUT2D eigenvalue weighted by molar-refractivity contribution is 7.98. The number of aliphatic hydroxyl groups is 4. The first-order valence-corrected chi connectivity index (χ1v) is 10.5. The molecular weight excluding hydrogens is 376 g/mol. The van der Waals surface area contributed by atoms with Crippen LogP contribution in [-0.2, 0) is 11.2 Å². The maximum Gasteiger partial charge on any atom is 0.113 e. The van der Waals surface area contributed by atoms with E-state index in [9.17, 15) is 20.4 Å². The Morgan fingerprint density at radius 1 is 1.07 bits per heavy atom. The Bertz CT molecular complexity index is 723. The van der Waals surface area contributed by atoms with Gasteiger partial charge < -0.3 is 25.2 Å². The zero-order valence-corrected chi connectivity index (χ0v) is 17.4. The van der Waals surface area contributed by atoms with Crippen molar-refractivity contribution < 1.29 is 25.2 Å². The molecule has 5 nitrogen and oxygen atoms in total. The molecule has 4 N–H and O–H groups in total. The van der Waals surface area contributed by atoms with Crippen molar-refractivity contribution in [2.75, 3.05) is 12.9 Å². The zero-order valence-electron chi connectivity index (χ0n) is 16.6. The molecule has 1 aliphatic rings. The number of hydrogen-bond donors (Lipinski definition) is 4. The summed E-state index contributed by atoms with van der Waals surface area (Å²) in [6.07, 6.45) is 0.621. The molecular formula is C22H30O5S. The van der Waals surface area contributed by atoms with Crippen molar-refractivity contribution in [2.24, 2.45) is 0 Å². The molecule has 1 aromatic rings. The minimum absolute atomic E-state index is 0.453. The Hall–Kier alpha value is -1.41. The minimum Gasteiger partial charge on any atom is -0.394 e. The second-order valence-electron chi connectivity index (χ2n) is 7.15. The van der Waals surface area contributed by atoms with E-state index in [4.69, 9.17) is 4.74 Å². The van der Waals surface area contributed by atoms with E-state index in [0.717, 1.165) is 12.0 Å². The van der Waals surface area contributed by atoms with Gasteiger partial charge in [0, 0.05) is 4.90 Å². The van der Waals surface area contributed by atoms with Crippen LogP contribution in [0.3, 0.4) is 0 Å². The Kier molecular flexibility index (Phi) is 8.49. The van der Waals surface area contributed by atoms with Gasteiger partial charge >= 0.3 is 0 Å². The van der Waals surface area contributed by atoms with Gasteiger partial charge in [-0.1, -0.05) is 42.0 Å². The third kappa shape index (κ3) is 5.56. The van der Waals surface area contributed by atoms with Gasteiger partial charge in [-0.05, 0) is 49.8 Å². The summed E-state index contributed by atoms with van der Waals surface area (Å²) in [7, 11) is 0. The lowest BCUT2D eigenvalue weighted by Crippen LogP contribution is -2.58. The van der Waals surface area contributed by atoms with Crippen LogP contribution in [-0.4, -0.2) is 63.8 Å². The van der Waals surface area contributed by atoms with Crippen LogP contribution in [0.5, 0.6) is 0 Å². The highest BCUT2D eigenvalue weighted by atomic mass is 32.2. The first-order valence-electron chi connectivity index (χ1n) is 9.25. The van der Waals surface area contributed by atoms with Gasteiger partial charge in [0.05, 0.1) is 6.61 Å². The second kappa shape index (κ2) is 10.4. The summed E-state index contributed by atoms with van der Waals surface area (Å²) in [5, 5.41) is 39.3. The number of rotatable bonds is 7. The molecule has 1 fully saturated rings. The SMILES string of the molecule is C=C(/C=C\C(C)=C(/C)Cc1ccc(SC)cc1)[C@@H]1O[C@H](CO)[C@@H](O)[C@H](O)[C@H]1O. The maximum absolute atomic E-state index is 10.2. The van der Waals surface area contributed by atoms with Crippen molar-refractivity contribution in [3.8, 4) is 0 Å². The van der Waals surface area contributed by atoms with Crippen LogP contribution in [0, 0.1) is 0 Å². The topological polar surface area (TPSA) is 90.2 Å². The van der Waals surface area contributed by atoms with E-state index in [1.54, 1.807) is 17.8 Å². The summed E-state index contributed by atoms with van der Waals surface area (Å²) in [5.74, 6) is 0. The predicted molar refractivity (Wildman–Crippen MR) is 112 cm³/mol. The average molecular weight is 407 g/mol. The first kappa shape index (κ1) is 22.9. The van der Waals surface area contributed by atoms with Crippen LogP contribution in [0.2, 0.25) is 0 Å². The van der Waals surface area contributed by atoms with Crippen LogP contribution in [0.25, 0.3) is 0 Å². The molecule has 6 heteroatoms. The van der Waals surface area contributed by atoms with E-state index < -0.39 is 37.1 Å². The summed E-state index contributed by atoms with van der Waals surface area (Å²) in [6.45, 7) is 7.54. The number of thioether (sulfide) groups is 1. The zero-order chi connectivity index (χ0) is 20.8. The van der Waals surface area contributed by atoms with Crippen LogP contribution >= 0.6 is 11.8 Å². The molecule has 5 atom stereocenters. The fourth-order valence-corrected chi connectivity index (χ4v) is 3.47. The van der Waals surface area contributed by atoms with Crippen molar-refractivity contribution in [1.29, 1.82) is 0 Å². The van der Waals surface area contributed by atoms with E-state index in [1.165, 1.54) is 16.0 Å². The highest BCUT2D eigenvalue weighted by Crippen LogP contribution is 2.26. The van der Waals surface area contributed by atoms with E-state index in [2.05, 4.69) is 44.0 Å². The molecule has 0 spiro atoms. The van der Waals surface area contributed by atoms with Crippen molar-refractivity contribution in [2.45, 2.75) is 55.7 Å². The van der Waals surface area contributed by atoms with Crippen molar-refractivity contribution in [1.82, 2.24) is 0 Å². The summed E-state index contributed by atoms with van der Waals surface area (Å²) in [5.41, 5.74) is 3.97. The highest BCUT2D eigenvalue weighted by Gasteiger charge is 2.43. The molecule has 1 heterocycles. The normalized spacial score (nSPS) is 29.0. The van der Waals surface area contributed by atoms with Gasteiger partial charge in [0.25, 0.3) is 0 Å². The maximum atomic E-state index is 10.2. The summed E-state index contributed by atoms with van der Waals surface area (Å²) in [6, 6.07) is 8.47. The molecule has 0 amide bonds. The predicted octanol–water partition coefficient (Wildman–Crippen LogP) is 2.24. The van der Waals surface area contributed by atoms with Gasteiger partial charge in [-0.2, -0.15) is 0 Å². The smallest absolute Gasteiger partial charge is 0.113 e. The summed E-state index contributed by atoms with van der Waals surface area (Å²) in [4.78, 5) is 1.23. The molecule has 0 saturated carbocycles. The van der Waals surface area contributed by atoms with Gasteiger partial charge in [-0.3, -0.25) is 0 Å². The van der Waals surface area contributed by atoms with Crippen LogP contribution < -0.4 is 0 Å². The van der Waals surface area contributed by atoms with E-state index in [1.807, 2.05) is 13.0 Å². The standard InChI is InChI=1S/C22H30O5S/c1-13(15(3)11-16-7-9-17(28-4)10-8-16)5-6-14(2)22-21(26)20(25)19(24)18(12-23)27-22/h5-10,18-26H,2,11-12H2,1,3-4H3/b6-5-,15-13+/t18-,19-,20+,21-,22+/m1/s1. The summed E-state index contributed by atoms with van der Waals surface area (Å²) < 4.78 is 5.52. The molecule has 0 radical (unpaired) electrons. The van der Waals surface area contributed by atoms with Gasteiger partial charge in [0.15, 0.2) is 0 Å². The van der Waals surface area contributed by atoms with Gasteiger partial charge in [0.1, 0.15) is 30.5 Å². The summed E-state index contributed by atoms with van der Waals surface area (Å²) >= 11 is 1.72. The van der Waals surface area contributed by atoms with Crippen molar-refractivity contribution in [3.05, 3.63) is 65.3 Å². The lowest BCUT2D eigenvalue weighted by Gasteiger charge is -2.40.